The van der Waals surface area contributed by atoms with Gasteiger partial charge in [-0.2, -0.15) is 0 Å². The van der Waals surface area contributed by atoms with Gasteiger partial charge in [-0.05, 0) is 31.5 Å². The van der Waals surface area contributed by atoms with E-state index in [1.54, 1.807) is 0 Å². The lowest BCUT2D eigenvalue weighted by Crippen LogP contribution is -2.58. The Bertz CT molecular complexity index is 486. The Balaban J connectivity index is 1.48. The second-order valence-electron chi connectivity index (χ2n) is 6.33. The molecule has 0 aromatic heterocycles. The number of carbonyl (C=O) groups is 1. The number of nitrogens with zero attached hydrogens (tertiary/aromatic N) is 2. The van der Waals surface area contributed by atoms with E-state index < -0.39 is 12.0 Å². The van der Waals surface area contributed by atoms with Gasteiger partial charge >= 0.3 is 5.97 Å². The molecule has 2 heterocycles. The van der Waals surface area contributed by atoms with Crippen molar-refractivity contribution in [2.24, 2.45) is 0 Å². The average Bonchev–Trinajstić information content (AvgIpc) is 2.56. The van der Waals surface area contributed by atoms with E-state index in [0.717, 1.165) is 45.6 Å². The van der Waals surface area contributed by atoms with E-state index in [1.165, 1.54) is 5.56 Å². The molecule has 1 aromatic rings. The second-order valence-corrected chi connectivity index (χ2v) is 6.33. The smallest absolute Gasteiger partial charge is 0.322 e. The van der Waals surface area contributed by atoms with E-state index in [1.807, 2.05) is 0 Å². The highest BCUT2D eigenvalue weighted by atomic mass is 16.4. The fourth-order valence-corrected chi connectivity index (χ4v) is 3.55. The summed E-state index contributed by atoms with van der Waals surface area (Å²) in [5.74, 6) is -0.730. The molecule has 2 fully saturated rings. The maximum atomic E-state index is 11.1. The molecule has 0 spiro atoms. The van der Waals surface area contributed by atoms with Crippen LogP contribution >= 0.6 is 0 Å². The van der Waals surface area contributed by atoms with Crippen LogP contribution in [0.4, 0.5) is 0 Å². The molecule has 1 atom stereocenters. The Morgan fingerprint density at radius 2 is 1.91 bits per heavy atom. The standard InChI is InChI=1S/C17H25N3O2/c21-17(22)16-13-20(11-8-18-16)15-6-9-19(10-7-15)12-14-4-2-1-3-5-14/h1-5,15-16,18H,6-13H2,(H,21,22). The van der Waals surface area contributed by atoms with Gasteiger partial charge in [0.25, 0.3) is 0 Å². The van der Waals surface area contributed by atoms with Crippen LogP contribution in [0, 0.1) is 0 Å². The lowest BCUT2D eigenvalue weighted by atomic mass is 10.0. The third-order valence-electron chi connectivity index (χ3n) is 4.83. The lowest BCUT2D eigenvalue weighted by molar-refractivity contribution is -0.141. The van der Waals surface area contributed by atoms with Crippen LogP contribution in [0.1, 0.15) is 18.4 Å². The summed E-state index contributed by atoms with van der Waals surface area (Å²) in [5.41, 5.74) is 1.37. The van der Waals surface area contributed by atoms with Gasteiger partial charge in [0.05, 0.1) is 0 Å². The highest BCUT2D eigenvalue weighted by Gasteiger charge is 2.31. The first-order valence-electron chi connectivity index (χ1n) is 8.19. The summed E-state index contributed by atoms with van der Waals surface area (Å²) in [6.07, 6.45) is 2.28. The number of aliphatic carboxylic acids is 1. The van der Waals surface area contributed by atoms with Crippen molar-refractivity contribution in [1.29, 1.82) is 0 Å². The van der Waals surface area contributed by atoms with E-state index in [0.29, 0.717) is 12.6 Å². The zero-order valence-corrected chi connectivity index (χ0v) is 12.9. The SMILES string of the molecule is O=C(O)C1CN(C2CCN(Cc3ccccc3)CC2)CCN1. The number of likely N-dealkylation sites (tertiary alicyclic amines) is 1. The van der Waals surface area contributed by atoms with Gasteiger partial charge in [-0.3, -0.25) is 14.6 Å². The van der Waals surface area contributed by atoms with Crippen molar-refractivity contribution in [2.45, 2.75) is 31.5 Å². The molecule has 0 saturated carbocycles. The van der Waals surface area contributed by atoms with Gasteiger partial charge < -0.3 is 10.4 Å². The number of hydrogen-bond acceptors (Lipinski definition) is 4. The van der Waals surface area contributed by atoms with Crippen LogP contribution in [0.2, 0.25) is 0 Å². The average molecular weight is 303 g/mol. The lowest BCUT2D eigenvalue weighted by Gasteiger charge is -2.41. The number of carboxylic acids is 1. The molecule has 2 aliphatic heterocycles. The van der Waals surface area contributed by atoms with Crippen molar-refractivity contribution in [3.63, 3.8) is 0 Å². The number of benzene rings is 1. The van der Waals surface area contributed by atoms with E-state index in [4.69, 9.17) is 5.11 Å². The maximum Gasteiger partial charge on any atom is 0.322 e. The number of piperazine rings is 1. The third-order valence-corrected chi connectivity index (χ3v) is 4.83. The van der Waals surface area contributed by atoms with Gasteiger partial charge in [0.15, 0.2) is 0 Å². The predicted molar refractivity (Wildman–Crippen MR) is 85.7 cm³/mol. The quantitative estimate of drug-likeness (QED) is 0.869. The topological polar surface area (TPSA) is 55.8 Å². The molecule has 5 nitrogen and oxygen atoms in total. The Morgan fingerprint density at radius 3 is 2.59 bits per heavy atom. The summed E-state index contributed by atoms with van der Waals surface area (Å²) in [5, 5.41) is 12.2. The van der Waals surface area contributed by atoms with Crippen molar-refractivity contribution in [1.82, 2.24) is 15.1 Å². The highest BCUT2D eigenvalue weighted by molar-refractivity contribution is 5.73. The molecule has 3 rings (SSSR count). The fraction of sp³-hybridized carbons (Fsp3) is 0.588. The first kappa shape index (κ1) is 15.5. The first-order valence-corrected chi connectivity index (χ1v) is 8.19. The summed E-state index contributed by atoms with van der Waals surface area (Å²) >= 11 is 0. The molecular weight excluding hydrogens is 278 g/mol. The summed E-state index contributed by atoms with van der Waals surface area (Å²) in [6, 6.07) is 10.7. The molecule has 1 aromatic carbocycles. The van der Waals surface area contributed by atoms with Crippen LogP contribution in [0.15, 0.2) is 30.3 Å². The van der Waals surface area contributed by atoms with E-state index in [9.17, 15) is 4.79 Å². The monoisotopic (exact) mass is 303 g/mol. The van der Waals surface area contributed by atoms with Crippen molar-refractivity contribution in [3.05, 3.63) is 35.9 Å². The second kappa shape index (κ2) is 7.22. The molecule has 2 saturated heterocycles. The van der Waals surface area contributed by atoms with E-state index in [2.05, 4.69) is 45.4 Å². The van der Waals surface area contributed by atoms with E-state index >= 15 is 0 Å². The molecule has 0 aliphatic carbocycles. The molecule has 120 valence electrons. The van der Waals surface area contributed by atoms with Crippen LogP contribution < -0.4 is 5.32 Å². The Morgan fingerprint density at radius 1 is 1.18 bits per heavy atom. The van der Waals surface area contributed by atoms with Gasteiger partial charge in [-0.15, -0.1) is 0 Å². The molecule has 2 N–H and O–H groups in total. The Labute approximate surface area is 131 Å². The molecule has 1 unspecified atom stereocenters. The first-order chi connectivity index (χ1) is 10.7. The number of rotatable bonds is 4. The van der Waals surface area contributed by atoms with Gasteiger partial charge in [0, 0.05) is 32.2 Å². The molecular formula is C17H25N3O2. The van der Waals surface area contributed by atoms with Crippen LogP contribution in [0.25, 0.3) is 0 Å². The van der Waals surface area contributed by atoms with Crippen LogP contribution in [0.3, 0.4) is 0 Å². The van der Waals surface area contributed by atoms with Crippen LogP contribution in [-0.2, 0) is 11.3 Å². The van der Waals surface area contributed by atoms with Crippen molar-refractivity contribution in [3.8, 4) is 0 Å². The van der Waals surface area contributed by atoms with Crippen LogP contribution in [-0.4, -0.2) is 65.7 Å². The number of hydrogen-bond donors (Lipinski definition) is 2. The van der Waals surface area contributed by atoms with E-state index in [-0.39, 0.29) is 0 Å². The van der Waals surface area contributed by atoms with Gasteiger partial charge in [0.2, 0.25) is 0 Å². The molecule has 5 heteroatoms. The van der Waals surface area contributed by atoms with Crippen molar-refractivity contribution < 1.29 is 9.90 Å². The number of piperidine rings is 1. The van der Waals surface area contributed by atoms with Gasteiger partial charge in [-0.25, -0.2) is 0 Å². The summed E-state index contributed by atoms with van der Waals surface area (Å²) in [6.45, 7) is 5.60. The minimum atomic E-state index is -0.730. The summed E-state index contributed by atoms with van der Waals surface area (Å²) in [7, 11) is 0. The molecule has 0 bridgehead atoms. The minimum Gasteiger partial charge on any atom is -0.480 e. The van der Waals surface area contributed by atoms with Crippen LogP contribution in [0.5, 0.6) is 0 Å². The van der Waals surface area contributed by atoms with Crippen molar-refractivity contribution >= 4 is 5.97 Å². The largest absolute Gasteiger partial charge is 0.480 e. The summed E-state index contributed by atoms with van der Waals surface area (Å²) < 4.78 is 0. The predicted octanol–water partition coefficient (Wildman–Crippen LogP) is 1.01. The zero-order valence-electron chi connectivity index (χ0n) is 12.9. The van der Waals surface area contributed by atoms with Gasteiger partial charge in [0.1, 0.15) is 6.04 Å². The third kappa shape index (κ3) is 3.85. The normalized spacial score (nSPS) is 25.2. The Kier molecular flexibility index (Phi) is 5.08. The molecule has 0 radical (unpaired) electrons. The Hall–Kier alpha value is -1.43. The van der Waals surface area contributed by atoms with Gasteiger partial charge in [-0.1, -0.05) is 30.3 Å². The fourth-order valence-electron chi connectivity index (χ4n) is 3.55. The highest BCUT2D eigenvalue weighted by Crippen LogP contribution is 2.19. The zero-order chi connectivity index (χ0) is 15.4. The molecule has 22 heavy (non-hydrogen) atoms. The summed E-state index contributed by atoms with van der Waals surface area (Å²) in [4.78, 5) is 16.0. The minimum absolute atomic E-state index is 0.406. The molecule has 2 aliphatic rings. The van der Waals surface area contributed by atoms with Crippen molar-refractivity contribution in [2.75, 3.05) is 32.7 Å². The number of nitrogens with one attached hydrogen (secondary N) is 1. The maximum absolute atomic E-state index is 11.1. The number of carboxylic acid groups (broad SMARTS) is 1. The molecule has 0 amide bonds.